The quantitative estimate of drug-likeness (QED) is 0.547. The van der Waals surface area contributed by atoms with E-state index in [2.05, 4.69) is 29.5 Å². The van der Waals surface area contributed by atoms with Gasteiger partial charge in [-0.15, -0.1) is 0 Å². The fourth-order valence-corrected chi connectivity index (χ4v) is 6.20. The third kappa shape index (κ3) is 3.78. The third-order valence-electron chi connectivity index (χ3n) is 8.00. The summed E-state index contributed by atoms with van der Waals surface area (Å²) in [6.07, 6.45) is 2.50. The molecule has 1 aromatic carbocycles. The molecule has 3 heterocycles. The summed E-state index contributed by atoms with van der Waals surface area (Å²) in [6.45, 7) is 5.34. The number of carbonyl (C=O) groups excluding carboxylic acids is 4. The molecule has 2 aliphatic heterocycles. The van der Waals surface area contributed by atoms with E-state index in [1.54, 1.807) is 17.0 Å². The van der Waals surface area contributed by atoms with E-state index in [1.165, 1.54) is 0 Å². The van der Waals surface area contributed by atoms with E-state index in [1.807, 2.05) is 12.1 Å². The fourth-order valence-electron chi connectivity index (χ4n) is 5.97. The van der Waals surface area contributed by atoms with Crippen molar-refractivity contribution in [2.45, 2.75) is 45.2 Å². The highest BCUT2D eigenvalue weighted by Gasteiger charge is 2.69. The first-order valence-corrected chi connectivity index (χ1v) is 12.2. The highest BCUT2D eigenvalue weighted by molar-refractivity contribution is 6.35. The van der Waals surface area contributed by atoms with Gasteiger partial charge in [0.1, 0.15) is 18.0 Å². The monoisotopic (exact) mass is 484 g/mol. The number of para-hydroxylation sites is 1. The van der Waals surface area contributed by atoms with Crippen molar-refractivity contribution in [3.05, 3.63) is 35.0 Å². The summed E-state index contributed by atoms with van der Waals surface area (Å²) in [5.41, 5.74) is 1.01. The Labute approximate surface area is 202 Å². The normalized spacial score (nSPS) is 28.2. The van der Waals surface area contributed by atoms with Crippen molar-refractivity contribution < 1.29 is 19.2 Å². The molecule has 3 fully saturated rings. The predicted octanol–water partition coefficient (Wildman–Crippen LogP) is 2.52. The van der Waals surface area contributed by atoms with Gasteiger partial charge in [-0.05, 0) is 48.6 Å². The summed E-state index contributed by atoms with van der Waals surface area (Å²) in [5, 5.41) is 7.00. The molecule has 0 spiro atoms. The van der Waals surface area contributed by atoms with Gasteiger partial charge < -0.3 is 25.3 Å². The number of nitrogens with one attached hydrogen (secondary N) is 3. The number of likely N-dealkylation sites (tertiary alicyclic amines) is 1. The predicted molar refractivity (Wildman–Crippen MR) is 127 cm³/mol. The summed E-state index contributed by atoms with van der Waals surface area (Å²) in [4.78, 5) is 55.5. The molecule has 2 aromatic rings. The lowest BCUT2D eigenvalue weighted by molar-refractivity contribution is -0.130. The molecule has 5 atom stereocenters. The second-order valence-electron chi connectivity index (χ2n) is 10.4. The smallest absolute Gasteiger partial charge is 0.271 e. The Hall–Kier alpha value is -2.87. The van der Waals surface area contributed by atoms with E-state index < -0.39 is 12.1 Å². The van der Waals surface area contributed by atoms with Crippen LogP contribution >= 0.6 is 11.6 Å². The summed E-state index contributed by atoms with van der Waals surface area (Å²) in [6, 6.07) is 5.76. The van der Waals surface area contributed by atoms with Crippen LogP contribution in [0.1, 0.15) is 43.6 Å². The van der Waals surface area contributed by atoms with Crippen molar-refractivity contribution >= 4 is 46.5 Å². The van der Waals surface area contributed by atoms with Crippen LogP contribution in [-0.2, 0) is 14.4 Å². The van der Waals surface area contributed by atoms with E-state index in [0.29, 0.717) is 42.0 Å². The van der Waals surface area contributed by atoms with Crippen molar-refractivity contribution in [2.24, 2.45) is 23.2 Å². The molecule has 0 bridgehead atoms. The third-order valence-corrected chi connectivity index (χ3v) is 8.32. The number of aromatic nitrogens is 1. The van der Waals surface area contributed by atoms with Crippen molar-refractivity contribution in [1.29, 1.82) is 0 Å². The molecule has 180 valence electrons. The number of benzene rings is 1. The second kappa shape index (κ2) is 8.41. The maximum Gasteiger partial charge on any atom is 0.271 e. The molecule has 8 nitrogen and oxygen atoms in total. The zero-order valence-corrected chi connectivity index (χ0v) is 20.0. The van der Waals surface area contributed by atoms with Gasteiger partial charge in [0.05, 0.1) is 16.6 Å². The molecular formula is C25H29ClN4O4. The number of carbonyl (C=O) groups is 4. The lowest BCUT2D eigenvalue weighted by Gasteiger charge is -2.31. The first-order chi connectivity index (χ1) is 16.2. The van der Waals surface area contributed by atoms with Gasteiger partial charge in [0.15, 0.2) is 0 Å². The number of amides is 3. The van der Waals surface area contributed by atoms with Crippen LogP contribution in [0.25, 0.3) is 10.9 Å². The van der Waals surface area contributed by atoms with Crippen LogP contribution in [0.2, 0.25) is 5.02 Å². The number of H-pyrrole nitrogens is 1. The number of rotatable bonds is 6. The number of hydrogen-bond acceptors (Lipinski definition) is 4. The van der Waals surface area contributed by atoms with Gasteiger partial charge >= 0.3 is 0 Å². The summed E-state index contributed by atoms with van der Waals surface area (Å²) in [7, 11) is 0. The molecule has 0 radical (unpaired) electrons. The SMILES string of the molecule is CC1(C)[C@@H]2[C@@H](C(=O)N[C@H](C=O)C[C@@H]3CCCNC3=O)N(C(=O)c3cc4cccc(Cl)c4[nH]3)C[C@@H]21. The molecule has 1 saturated carbocycles. The van der Waals surface area contributed by atoms with E-state index in [4.69, 9.17) is 11.6 Å². The van der Waals surface area contributed by atoms with Gasteiger partial charge in [0.2, 0.25) is 11.8 Å². The molecule has 1 aliphatic carbocycles. The van der Waals surface area contributed by atoms with Gasteiger partial charge in [0.25, 0.3) is 5.91 Å². The van der Waals surface area contributed by atoms with Crippen LogP contribution in [0.5, 0.6) is 0 Å². The number of halogens is 1. The molecule has 9 heteroatoms. The van der Waals surface area contributed by atoms with Crippen molar-refractivity contribution in [2.75, 3.05) is 13.1 Å². The minimum absolute atomic E-state index is 0.0229. The lowest BCUT2D eigenvalue weighted by atomic mass is 9.91. The van der Waals surface area contributed by atoms with Crippen LogP contribution in [0.4, 0.5) is 0 Å². The first-order valence-electron chi connectivity index (χ1n) is 11.8. The Morgan fingerprint density at radius 3 is 2.85 bits per heavy atom. The van der Waals surface area contributed by atoms with Crippen LogP contribution in [0, 0.1) is 23.2 Å². The minimum Gasteiger partial charge on any atom is -0.356 e. The van der Waals surface area contributed by atoms with Crippen LogP contribution in [0.3, 0.4) is 0 Å². The molecule has 34 heavy (non-hydrogen) atoms. The van der Waals surface area contributed by atoms with E-state index in [0.717, 1.165) is 11.8 Å². The molecule has 0 unspecified atom stereocenters. The Kier molecular flexibility index (Phi) is 5.67. The Balaban J connectivity index is 1.35. The number of fused-ring (bicyclic) bond motifs is 2. The van der Waals surface area contributed by atoms with E-state index >= 15 is 0 Å². The van der Waals surface area contributed by atoms with Crippen molar-refractivity contribution in [3.8, 4) is 0 Å². The van der Waals surface area contributed by atoms with Gasteiger partial charge in [-0.3, -0.25) is 14.4 Å². The zero-order chi connectivity index (χ0) is 24.2. The summed E-state index contributed by atoms with van der Waals surface area (Å²) < 4.78 is 0. The molecule has 3 aliphatic rings. The largest absolute Gasteiger partial charge is 0.356 e. The van der Waals surface area contributed by atoms with E-state index in [9.17, 15) is 19.2 Å². The first kappa shape index (κ1) is 22.9. The van der Waals surface area contributed by atoms with E-state index in [-0.39, 0.29) is 47.3 Å². The topological polar surface area (TPSA) is 111 Å². The van der Waals surface area contributed by atoms with Gasteiger partial charge in [-0.2, -0.15) is 0 Å². The van der Waals surface area contributed by atoms with Gasteiger partial charge in [-0.25, -0.2) is 0 Å². The Bertz CT molecular complexity index is 1170. The Morgan fingerprint density at radius 1 is 1.35 bits per heavy atom. The average molecular weight is 485 g/mol. The summed E-state index contributed by atoms with van der Waals surface area (Å²) >= 11 is 6.26. The minimum atomic E-state index is -0.772. The molecule has 5 rings (SSSR count). The number of piperidine rings is 2. The van der Waals surface area contributed by atoms with Crippen molar-refractivity contribution in [1.82, 2.24) is 20.5 Å². The average Bonchev–Trinajstić information content (AvgIpc) is 3.20. The number of aromatic amines is 1. The maximum atomic E-state index is 13.5. The molecule has 3 N–H and O–H groups in total. The molecular weight excluding hydrogens is 456 g/mol. The van der Waals surface area contributed by atoms with Crippen LogP contribution in [-0.4, -0.2) is 59.1 Å². The highest BCUT2D eigenvalue weighted by Crippen LogP contribution is 2.65. The number of nitrogens with zero attached hydrogens (tertiary/aromatic N) is 1. The van der Waals surface area contributed by atoms with Crippen LogP contribution < -0.4 is 10.6 Å². The van der Waals surface area contributed by atoms with Gasteiger partial charge in [-0.1, -0.05) is 37.6 Å². The fraction of sp³-hybridized carbons (Fsp3) is 0.520. The highest BCUT2D eigenvalue weighted by atomic mass is 35.5. The van der Waals surface area contributed by atoms with Crippen LogP contribution in [0.15, 0.2) is 24.3 Å². The zero-order valence-electron chi connectivity index (χ0n) is 19.3. The van der Waals surface area contributed by atoms with Gasteiger partial charge in [0, 0.05) is 24.4 Å². The number of hydrogen-bond donors (Lipinski definition) is 3. The summed E-state index contributed by atoms with van der Waals surface area (Å²) in [5.74, 6) is -0.732. The molecule has 3 amide bonds. The lowest BCUT2D eigenvalue weighted by Crippen LogP contribution is -2.53. The second-order valence-corrected chi connectivity index (χ2v) is 10.8. The molecule has 1 aromatic heterocycles. The van der Waals surface area contributed by atoms with Crippen molar-refractivity contribution in [3.63, 3.8) is 0 Å². The standard InChI is InChI=1S/C25H29ClN4O4/c1-25(2)16-11-30(24(34)18-10-13-5-3-7-17(26)20(13)29-18)21(19(16)25)23(33)28-15(12-31)9-14-6-4-8-27-22(14)32/h3,5,7,10,12,14-16,19,21,29H,4,6,8-9,11H2,1-2H3,(H,27,32)(H,28,33)/t14-,15-,16-,19-,21-/m0/s1. The maximum absolute atomic E-state index is 13.5. The Morgan fingerprint density at radius 2 is 2.15 bits per heavy atom. The molecule has 2 saturated heterocycles. The number of aldehydes is 1.